The molecule has 8 heteroatoms. The molecule has 0 spiro atoms. The third-order valence-electron chi connectivity index (χ3n) is 5.35. The molecule has 8 nitrogen and oxygen atoms in total. The van der Waals surface area contributed by atoms with E-state index in [2.05, 4.69) is 10.4 Å². The molecule has 2 aromatic heterocycles. The summed E-state index contributed by atoms with van der Waals surface area (Å²) in [4.78, 5) is 12.8. The van der Waals surface area contributed by atoms with Gasteiger partial charge in [-0.05, 0) is 42.0 Å². The molecule has 4 rings (SSSR count). The van der Waals surface area contributed by atoms with Crippen molar-refractivity contribution in [1.82, 2.24) is 15.1 Å². The number of amides is 1. The largest absolute Gasteiger partial charge is 0.497 e. The predicted molar refractivity (Wildman–Crippen MR) is 123 cm³/mol. The van der Waals surface area contributed by atoms with E-state index in [-0.39, 0.29) is 12.5 Å². The van der Waals surface area contributed by atoms with Gasteiger partial charge in [0.25, 0.3) is 5.91 Å². The summed E-state index contributed by atoms with van der Waals surface area (Å²) in [6.07, 6.45) is 0.757. The van der Waals surface area contributed by atoms with Crippen molar-refractivity contribution in [2.45, 2.75) is 6.10 Å². The van der Waals surface area contributed by atoms with Crippen LogP contribution in [0.3, 0.4) is 0 Å². The zero-order valence-electron chi connectivity index (χ0n) is 18.6. The first-order valence-electron chi connectivity index (χ1n) is 10.4. The summed E-state index contributed by atoms with van der Waals surface area (Å²) in [5.74, 6) is 1.69. The van der Waals surface area contributed by atoms with Crippen LogP contribution in [-0.4, -0.2) is 41.6 Å². The monoisotopic (exact) mass is 447 g/mol. The average Bonchev–Trinajstić information content (AvgIpc) is 3.52. The van der Waals surface area contributed by atoms with Gasteiger partial charge in [0, 0.05) is 24.7 Å². The van der Waals surface area contributed by atoms with Crippen molar-refractivity contribution >= 4 is 5.91 Å². The highest BCUT2D eigenvalue weighted by molar-refractivity contribution is 5.94. The lowest BCUT2D eigenvalue weighted by atomic mass is 10.1. The first-order valence-corrected chi connectivity index (χ1v) is 10.4. The summed E-state index contributed by atoms with van der Waals surface area (Å²) in [7, 11) is 4.85. The minimum Gasteiger partial charge on any atom is -0.497 e. The van der Waals surface area contributed by atoms with E-state index in [1.807, 2.05) is 36.4 Å². The Morgan fingerprint density at radius 2 is 1.91 bits per heavy atom. The van der Waals surface area contributed by atoms with E-state index < -0.39 is 6.10 Å². The van der Waals surface area contributed by atoms with Gasteiger partial charge in [0.05, 0.1) is 32.3 Å². The Labute approximate surface area is 191 Å². The number of rotatable bonds is 8. The Hall–Kier alpha value is -4.04. The maximum Gasteiger partial charge on any atom is 0.269 e. The van der Waals surface area contributed by atoms with Crippen molar-refractivity contribution in [3.8, 4) is 34.1 Å². The number of furan rings is 1. The van der Waals surface area contributed by atoms with Crippen LogP contribution in [0, 0.1) is 0 Å². The Balaban J connectivity index is 1.45. The van der Waals surface area contributed by atoms with Crippen molar-refractivity contribution in [2.75, 3.05) is 20.8 Å². The smallest absolute Gasteiger partial charge is 0.269 e. The third kappa shape index (κ3) is 4.75. The summed E-state index contributed by atoms with van der Waals surface area (Å²) >= 11 is 0. The zero-order valence-corrected chi connectivity index (χ0v) is 18.6. The second kappa shape index (κ2) is 9.62. The fourth-order valence-corrected chi connectivity index (χ4v) is 3.54. The molecule has 1 amide bonds. The lowest BCUT2D eigenvalue weighted by Crippen LogP contribution is -2.29. The van der Waals surface area contributed by atoms with E-state index in [1.165, 1.54) is 4.68 Å². The maximum atomic E-state index is 12.8. The van der Waals surface area contributed by atoms with Crippen LogP contribution in [0.4, 0.5) is 0 Å². The van der Waals surface area contributed by atoms with Crippen molar-refractivity contribution in [2.24, 2.45) is 7.05 Å². The number of nitrogens with zero attached hydrogens (tertiary/aromatic N) is 2. The van der Waals surface area contributed by atoms with Crippen LogP contribution in [0.5, 0.6) is 11.5 Å². The molecule has 2 N–H and O–H groups in total. The number of hydrogen-bond acceptors (Lipinski definition) is 6. The Bertz CT molecular complexity index is 1230. The third-order valence-corrected chi connectivity index (χ3v) is 5.35. The van der Waals surface area contributed by atoms with Gasteiger partial charge in [0.15, 0.2) is 0 Å². The zero-order chi connectivity index (χ0) is 23.4. The van der Waals surface area contributed by atoms with Gasteiger partial charge in [-0.2, -0.15) is 5.10 Å². The second-order valence-electron chi connectivity index (χ2n) is 7.43. The molecule has 2 aromatic carbocycles. The lowest BCUT2D eigenvalue weighted by Gasteiger charge is -2.12. The highest BCUT2D eigenvalue weighted by Gasteiger charge is 2.18. The predicted octanol–water partition coefficient (Wildman–Crippen LogP) is 3.83. The molecule has 0 aliphatic heterocycles. The average molecular weight is 447 g/mol. The van der Waals surface area contributed by atoms with E-state index in [4.69, 9.17) is 13.9 Å². The molecular weight excluding hydrogens is 422 g/mol. The molecular formula is C25H25N3O5. The van der Waals surface area contributed by atoms with E-state index in [1.54, 1.807) is 51.8 Å². The van der Waals surface area contributed by atoms with Crippen molar-refractivity contribution in [3.63, 3.8) is 0 Å². The number of aromatic nitrogens is 2. The van der Waals surface area contributed by atoms with E-state index in [9.17, 15) is 9.90 Å². The fourth-order valence-electron chi connectivity index (χ4n) is 3.54. The molecule has 170 valence electrons. The van der Waals surface area contributed by atoms with Gasteiger partial charge < -0.3 is 24.3 Å². The standard InChI is InChI=1S/C25H25N3O5/c1-28-21(14-20(27-28)19-13-18(31-2)10-11-24(19)32-3)25(30)26-15-22(29)16-6-8-17(9-7-16)23-5-4-12-33-23/h4-14,22,29H,15H2,1-3H3,(H,26,30). The van der Waals surface area contributed by atoms with Crippen molar-refractivity contribution < 1.29 is 23.8 Å². The number of aliphatic hydroxyl groups excluding tert-OH is 1. The molecule has 0 saturated heterocycles. The molecule has 2 heterocycles. The Morgan fingerprint density at radius 3 is 2.58 bits per heavy atom. The number of carbonyl (C=O) groups is 1. The van der Waals surface area contributed by atoms with Gasteiger partial charge in [-0.1, -0.05) is 24.3 Å². The first-order chi connectivity index (χ1) is 16.0. The quantitative estimate of drug-likeness (QED) is 0.426. The minimum atomic E-state index is -0.856. The molecule has 1 unspecified atom stereocenters. The van der Waals surface area contributed by atoms with Gasteiger partial charge in [-0.3, -0.25) is 9.48 Å². The lowest BCUT2D eigenvalue weighted by molar-refractivity contribution is 0.0907. The van der Waals surface area contributed by atoms with E-state index in [0.717, 1.165) is 11.3 Å². The topological polar surface area (TPSA) is 98.8 Å². The van der Waals surface area contributed by atoms with Crippen LogP contribution in [0.1, 0.15) is 22.2 Å². The van der Waals surface area contributed by atoms with Crippen LogP contribution in [0.25, 0.3) is 22.6 Å². The van der Waals surface area contributed by atoms with Gasteiger partial charge in [-0.15, -0.1) is 0 Å². The summed E-state index contributed by atoms with van der Waals surface area (Å²) in [6.45, 7) is 0.0575. The Kier molecular flexibility index (Phi) is 6.46. The number of ether oxygens (including phenoxy) is 2. The molecule has 33 heavy (non-hydrogen) atoms. The number of hydrogen-bond donors (Lipinski definition) is 2. The highest BCUT2D eigenvalue weighted by Crippen LogP contribution is 2.33. The molecule has 0 fully saturated rings. The van der Waals surface area contributed by atoms with Gasteiger partial charge in [0.2, 0.25) is 0 Å². The second-order valence-corrected chi connectivity index (χ2v) is 7.43. The summed E-state index contributed by atoms with van der Waals surface area (Å²) in [5, 5.41) is 17.8. The SMILES string of the molecule is COc1ccc(OC)c(-c2cc(C(=O)NCC(O)c3ccc(-c4ccco4)cc3)n(C)n2)c1. The summed E-state index contributed by atoms with van der Waals surface area (Å²) in [6, 6.07) is 18.1. The molecule has 1 atom stereocenters. The molecule has 4 aromatic rings. The maximum absolute atomic E-state index is 12.8. The van der Waals surface area contributed by atoms with E-state index in [0.29, 0.717) is 34.0 Å². The molecule has 0 aliphatic rings. The summed E-state index contributed by atoms with van der Waals surface area (Å²) < 4.78 is 17.6. The number of carbonyl (C=O) groups excluding carboxylic acids is 1. The molecule has 0 radical (unpaired) electrons. The van der Waals surface area contributed by atoms with E-state index >= 15 is 0 Å². The number of aryl methyl sites for hydroxylation is 1. The van der Waals surface area contributed by atoms with Gasteiger partial charge >= 0.3 is 0 Å². The molecule has 0 saturated carbocycles. The number of benzene rings is 2. The number of methoxy groups -OCH3 is 2. The highest BCUT2D eigenvalue weighted by atomic mass is 16.5. The number of nitrogens with one attached hydrogen (secondary N) is 1. The van der Waals surface area contributed by atoms with Crippen LogP contribution in [0.2, 0.25) is 0 Å². The molecule has 0 bridgehead atoms. The van der Waals surface area contributed by atoms with Crippen LogP contribution in [-0.2, 0) is 7.05 Å². The minimum absolute atomic E-state index is 0.0575. The van der Waals surface area contributed by atoms with Crippen molar-refractivity contribution in [1.29, 1.82) is 0 Å². The first kappa shape index (κ1) is 22.2. The number of aliphatic hydroxyl groups is 1. The molecule has 0 aliphatic carbocycles. The van der Waals surface area contributed by atoms with Crippen LogP contribution in [0.15, 0.2) is 71.3 Å². The fraction of sp³-hybridized carbons (Fsp3) is 0.200. The Morgan fingerprint density at radius 1 is 1.12 bits per heavy atom. The van der Waals surface area contributed by atoms with Gasteiger partial charge in [0.1, 0.15) is 23.0 Å². The summed E-state index contributed by atoms with van der Waals surface area (Å²) in [5.41, 5.74) is 3.25. The van der Waals surface area contributed by atoms with Gasteiger partial charge in [-0.25, -0.2) is 0 Å². The van der Waals surface area contributed by atoms with Crippen LogP contribution < -0.4 is 14.8 Å². The normalized spacial score (nSPS) is 11.8. The van der Waals surface area contributed by atoms with Crippen LogP contribution >= 0.6 is 0 Å². The van der Waals surface area contributed by atoms with Crippen molar-refractivity contribution in [3.05, 3.63) is 78.2 Å².